The molecule has 4 nitrogen and oxygen atoms in total. The molecule has 1 atom stereocenters. The van der Waals surface area contributed by atoms with Gasteiger partial charge in [0, 0.05) is 6.42 Å². The summed E-state index contributed by atoms with van der Waals surface area (Å²) >= 11 is 0. The zero-order chi connectivity index (χ0) is 14.6. The second-order valence-electron chi connectivity index (χ2n) is 3.97. The lowest BCUT2D eigenvalue weighted by Gasteiger charge is -2.14. The molecule has 104 valence electrons. The summed E-state index contributed by atoms with van der Waals surface area (Å²) in [6.07, 6.45) is -3.92. The highest BCUT2D eigenvalue weighted by Gasteiger charge is 2.25. The maximum atomic E-state index is 13.4. The fraction of sp³-hybridized carbons (Fsp3) is 0.333. The number of carbonyl (C=O) groups excluding carboxylic acids is 1. The minimum atomic E-state index is -2.89. The van der Waals surface area contributed by atoms with E-state index < -0.39 is 36.6 Å². The summed E-state index contributed by atoms with van der Waals surface area (Å²) in [6.45, 7) is 1.62. The Bertz CT molecular complexity index is 491. The summed E-state index contributed by atoms with van der Waals surface area (Å²) in [5, 5.41) is 10.6. The largest absolute Gasteiger partial charge is 0.480 e. The Balaban J connectivity index is 2.87. The monoisotopic (exact) mass is 275 g/mol. The minimum absolute atomic E-state index is 0.375. The maximum absolute atomic E-state index is 13.4. The molecule has 2 N–H and O–H groups in total. The van der Waals surface area contributed by atoms with Gasteiger partial charge in [-0.3, -0.25) is 4.79 Å². The average Bonchev–Trinajstić information content (AvgIpc) is 2.30. The molecule has 1 rings (SSSR count). The number of carbonyl (C=O) groups is 2. The summed E-state index contributed by atoms with van der Waals surface area (Å²) in [5.74, 6) is -3.47. The van der Waals surface area contributed by atoms with Gasteiger partial charge in [0.1, 0.15) is 11.9 Å². The van der Waals surface area contributed by atoms with Gasteiger partial charge < -0.3 is 10.4 Å². The second kappa shape index (κ2) is 6.21. The van der Waals surface area contributed by atoms with Crippen molar-refractivity contribution in [3.05, 3.63) is 35.1 Å². The first-order valence-electron chi connectivity index (χ1n) is 5.39. The number of carboxylic acids is 1. The van der Waals surface area contributed by atoms with Gasteiger partial charge in [-0.05, 0) is 19.1 Å². The first-order valence-corrected chi connectivity index (χ1v) is 5.39. The van der Waals surface area contributed by atoms with Crippen molar-refractivity contribution in [1.82, 2.24) is 5.32 Å². The quantitative estimate of drug-likeness (QED) is 0.863. The molecule has 7 heteroatoms. The molecule has 1 unspecified atom stereocenters. The Morgan fingerprint density at radius 2 is 2.00 bits per heavy atom. The zero-order valence-electron chi connectivity index (χ0n) is 9.99. The fourth-order valence-electron chi connectivity index (χ4n) is 1.45. The number of benzene rings is 1. The Morgan fingerprint density at radius 3 is 2.53 bits per heavy atom. The van der Waals surface area contributed by atoms with Crippen molar-refractivity contribution in [2.75, 3.05) is 0 Å². The number of hydrogen-bond acceptors (Lipinski definition) is 2. The van der Waals surface area contributed by atoms with Gasteiger partial charge in [-0.25, -0.2) is 18.0 Å². The fourth-order valence-corrected chi connectivity index (χ4v) is 1.45. The van der Waals surface area contributed by atoms with Crippen molar-refractivity contribution in [3.63, 3.8) is 0 Å². The summed E-state index contributed by atoms with van der Waals surface area (Å²) in [5.41, 5.74) is 0.216. The van der Waals surface area contributed by atoms with Crippen LogP contribution in [0.2, 0.25) is 0 Å². The number of aliphatic carboxylic acids is 1. The van der Waals surface area contributed by atoms with Crippen LogP contribution in [0.4, 0.5) is 13.2 Å². The van der Waals surface area contributed by atoms with Crippen LogP contribution in [0.1, 0.15) is 22.3 Å². The molecule has 19 heavy (non-hydrogen) atoms. The van der Waals surface area contributed by atoms with Crippen LogP contribution in [0, 0.1) is 12.7 Å². The predicted molar refractivity (Wildman–Crippen MR) is 60.6 cm³/mol. The van der Waals surface area contributed by atoms with E-state index in [0.29, 0.717) is 5.56 Å². The number of halogens is 3. The third kappa shape index (κ3) is 4.27. The average molecular weight is 275 g/mol. The third-order valence-corrected chi connectivity index (χ3v) is 2.38. The van der Waals surface area contributed by atoms with Crippen LogP contribution in [-0.4, -0.2) is 29.5 Å². The van der Waals surface area contributed by atoms with Crippen molar-refractivity contribution in [2.45, 2.75) is 25.8 Å². The molecule has 0 bridgehead atoms. The van der Waals surface area contributed by atoms with Crippen molar-refractivity contribution in [1.29, 1.82) is 0 Å². The first-order chi connectivity index (χ1) is 8.81. The normalized spacial score (nSPS) is 12.3. The summed E-state index contributed by atoms with van der Waals surface area (Å²) in [7, 11) is 0. The van der Waals surface area contributed by atoms with Crippen molar-refractivity contribution >= 4 is 11.9 Å². The predicted octanol–water partition coefficient (Wildman–Crippen LogP) is 1.97. The molecule has 1 aromatic rings. The van der Waals surface area contributed by atoms with E-state index in [9.17, 15) is 22.8 Å². The highest BCUT2D eigenvalue weighted by atomic mass is 19.3. The van der Waals surface area contributed by atoms with Crippen LogP contribution in [0.5, 0.6) is 0 Å². The Morgan fingerprint density at radius 1 is 1.37 bits per heavy atom. The number of carboxylic acid groups (broad SMARTS) is 1. The molecule has 0 aliphatic rings. The molecule has 0 heterocycles. The number of alkyl halides is 2. The van der Waals surface area contributed by atoms with Gasteiger partial charge in [0.25, 0.3) is 5.91 Å². The number of hydrogen-bond donors (Lipinski definition) is 2. The van der Waals surface area contributed by atoms with E-state index in [4.69, 9.17) is 5.11 Å². The number of rotatable bonds is 5. The zero-order valence-corrected chi connectivity index (χ0v) is 9.99. The highest BCUT2D eigenvalue weighted by Crippen LogP contribution is 2.11. The van der Waals surface area contributed by atoms with E-state index in [1.165, 1.54) is 12.1 Å². The summed E-state index contributed by atoms with van der Waals surface area (Å²) < 4.78 is 37.7. The smallest absolute Gasteiger partial charge is 0.326 e. The molecule has 1 amide bonds. The topological polar surface area (TPSA) is 66.4 Å². The molecule has 0 spiro atoms. The molecule has 0 fully saturated rings. The van der Waals surface area contributed by atoms with E-state index >= 15 is 0 Å². The van der Waals surface area contributed by atoms with Crippen molar-refractivity contribution < 1.29 is 27.9 Å². The third-order valence-electron chi connectivity index (χ3n) is 2.38. The number of nitrogens with one attached hydrogen (secondary N) is 1. The number of aryl methyl sites for hydroxylation is 1. The highest BCUT2D eigenvalue weighted by molar-refractivity contribution is 5.96. The first kappa shape index (κ1) is 15.0. The van der Waals surface area contributed by atoms with Crippen LogP contribution in [0.25, 0.3) is 0 Å². The van der Waals surface area contributed by atoms with E-state index in [1.807, 2.05) is 5.32 Å². The SMILES string of the molecule is Cc1ccc(F)c(C(=O)NC(CC(F)F)C(=O)O)c1. The van der Waals surface area contributed by atoms with Crippen molar-refractivity contribution in [2.24, 2.45) is 0 Å². The molecule has 0 radical (unpaired) electrons. The summed E-state index contributed by atoms with van der Waals surface area (Å²) in [6, 6.07) is 1.94. The van der Waals surface area contributed by atoms with Crippen LogP contribution in [-0.2, 0) is 4.79 Å². The standard InChI is InChI=1S/C12H12F3NO3/c1-6-2-3-8(13)7(4-6)11(17)16-9(12(18)19)5-10(14)15/h2-4,9-10H,5H2,1H3,(H,16,17)(H,18,19). The van der Waals surface area contributed by atoms with Gasteiger partial charge in [0.2, 0.25) is 6.43 Å². The van der Waals surface area contributed by atoms with E-state index in [-0.39, 0.29) is 5.56 Å². The van der Waals surface area contributed by atoms with Gasteiger partial charge in [-0.1, -0.05) is 11.6 Å². The molecule has 0 aromatic heterocycles. The Labute approximate surface area is 107 Å². The van der Waals surface area contributed by atoms with Crippen LogP contribution in [0.15, 0.2) is 18.2 Å². The number of amides is 1. The molecule has 0 aliphatic heterocycles. The van der Waals surface area contributed by atoms with E-state index in [0.717, 1.165) is 6.07 Å². The van der Waals surface area contributed by atoms with Gasteiger partial charge in [-0.15, -0.1) is 0 Å². The maximum Gasteiger partial charge on any atom is 0.326 e. The molecule has 0 saturated carbocycles. The Kier molecular flexibility index (Phi) is 4.91. The van der Waals surface area contributed by atoms with E-state index in [2.05, 4.69) is 0 Å². The van der Waals surface area contributed by atoms with Gasteiger partial charge in [0.05, 0.1) is 5.56 Å². The lowest BCUT2D eigenvalue weighted by atomic mass is 10.1. The minimum Gasteiger partial charge on any atom is -0.480 e. The van der Waals surface area contributed by atoms with Crippen LogP contribution < -0.4 is 5.32 Å². The molecule has 0 saturated heterocycles. The summed E-state index contributed by atoms with van der Waals surface area (Å²) in [4.78, 5) is 22.4. The van der Waals surface area contributed by atoms with Gasteiger partial charge >= 0.3 is 5.97 Å². The van der Waals surface area contributed by atoms with Gasteiger partial charge in [-0.2, -0.15) is 0 Å². The van der Waals surface area contributed by atoms with Crippen LogP contribution >= 0.6 is 0 Å². The second-order valence-corrected chi connectivity index (χ2v) is 3.97. The molecular formula is C12H12F3NO3. The van der Waals surface area contributed by atoms with Crippen molar-refractivity contribution in [3.8, 4) is 0 Å². The van der Waals surface area contributed by atoms with Gasteiger partial charge in [0.15, 0.2) is 0 Å². The lowest BCUT2D eigenvalue weighted by molar-refractivity contribution is -0.140. The molecule has 0 aliphatic carbocycles. The molecule has 1 aromatic carbocycles. The van der Waals surface area contributed by atoms with Crippen LogP contribution in [0.3, 0.4) is 0 Å². The molecular weight excluding hydrogens is 263 g/mol. The lowest BCUT2D eigenvalue weighted by Crippen LogP contribution is -2.42. The Hall–Kier alpha value is -2.05. The van der Waals surface area contributed by atoms with E-state index in [1.54, 1.807) is 6.92 Å².